The summed E-state index contributed by atoms with van der Waals surface area (Å²) in [7, 11) is 0. The molecule has 2 nitrogen and oxygen atoms in total. The zero-order chi connectivity index (χ0) is 15.4. The van der Waals surface area contributed by atoms with E-state index in [2.05, 4.69) is 10.3 Å². The Morgan fingerprint density at radius 1 is 1.19 bits per heavy atom. The molecule has 0 unspecified atom stereocenters. The van der Waals surface area contributed by atoms with Gasteiger partial charge in [-0.05, 0) is 25.1 Å². The van der Waals surface area contributed by atoms with Gasteiger partial charge in [0.2, 0.25) is 0 Å². The maximum absolute atomic E-state index is 12.3. The summed E-state index contributed by atoms with van der Waals surface area (Å²) in [6, 6.07) is 8.27. The number of aromatic nitrogens is 1. The summed E-state index contributed by atoms with van der Waals surface area (Å²) in [5.41, 5.74) is 1.31. The van der Waals surface area contributed by atoms with E-state index in [0.717, 1.165) is 5.56 Å². The van der Waals surface area contributed by atoms with Crippen LogP contribution in [-0.4, -0.2) is 17.3 Å². The molecule has 7 heteroatoms. The molecule has 0 aliphatic rings. The summed E-state index contributed by atoms with van der Waals surface area (Å²) in [5, 5.41) is 3.90. The van der Waals surface area contributed by atoms with Crippen LogP contribution >= 0.6 is 35.0 Å². The zero-order valence-corrected chi connectivity index (χ0v) is 13.4. The standard InChI is InChI=1S/C14H12Cl2F2N2S/c1-2-19-13-11(16)7-10(15)12(20-13)8-3-5-9(6-4-8)21-14(17)18/h3-7,14H,2H2,1H3,(H,19,20). The molecule has 0 spiro atoms. The van der Waals surface area contributed by atoms with Crippen molar-refractivity contribution < 1.29 is 8.78 Å². The van der Waals surface area contributed by atoms with Crippen LogP contribution in [0.5, 0.6) is 0 Å². The monoisotopic (exact) mass is 348 g/mol. The topological polar surface area (TPSA) is 24.9 Å². The van der Waals surface area contributed by atoms with Crippen LogP contribution in [0.3, 0.4) is 0 Å². The Morgan fingerprint density at radius 3 is 2.43 bits per heavy atom. The molecule has 0 atom stereocenters. The number of hydrogen-bond acceptors (Lipinski definition) is 3. The number of nitrogens with zero attached hydrogens (tertiary/aromatic N) is 1. The molecule has 0 saturated carbocycles. The highest BCUT2D eigenvalue weighted by molar-refractivity contribution is 7.99. The molecule has 1 aromatic heterocycles. The summed E-state index contributed by atoms with van der Waals surface area (Å²) >= 11 is 12.7. The van der Waals surface area contributed by atoms with Gasteiger partial charge in [0.25, 0.3) is 5.76 Å². The van der Waals surface area contributed by atoms with Crippen molar-refractivity contribution in [2.45, 2.75) is 17.6 Å². The highest BCUT2D eigenvalue weighted by Crippen LogP contribution is 2.34. The second-order valence-corrected chi connectivity index (χ2v) is 5.96. The first-order valence-electron chi connectivity index (χ1n) is 6.16. The Hall–Kier alpha value is -1.04. The molecular formula is C14H12Cl2F2N2S. The first-order valence-corrected chi connectivity index (χ1v) is 7.80. The van der Waals surface area contributed by atoms with E-state index in [0.29, 0.717) is 44.8 Å². The van der Waals surface area contributed by atoms with Crippen molar-refractivity contribution >= 4 is 40.8 Å². The number of alkyl halides is 2. The van der Waals surface area contributed by atoms with Crippen molar-refractivity contribution in [1.82, 2.24) is 4.98 Å². The summed E-state index contributed by atoms with van der Waals surface area (Å²) < 4.78 is 24.6. The smallest absolute Gasteiger partial charge is 0.288 e. The number of thioether (sulfide) groups is 1. The van der Waals surface area contributed by atoms with Crippen molar-refractivity contribution in [2.75, 3.05) is 11.9 Å². The van der Waals surface area contributed by atoms with Gasteiger partial charge in [-0.2, -0.15) is 8.78 Å². The predicted octanol–water partition coefficient (Wildman–Crippen LogP) is 5.80. The largest absolute Gasteiger partial charge is 0.369 e. The summed E-state index contributed by atoms with van der Waals surface area (Å²) in [4.78, 5) is 4.88. The minimum atomic E-state index is -2.44. The molecular weight excluding hydrogens is 337 g/mol. The molecule has 0 fully saturated rings. The molecule has 0 aliphatic carbocycles. The number of benzene rings is 1. The van der Waals surface area contributed by atoms with Gasteiger partial charge in [0.1, 0.15) is 5.82 Å². The highest BCUT2D eigenvalue weighted by Gasteiger charge is 2.12. The lowest BCUT2D eigenvalue weighted by atomic mass is 10.1. The van der Waals surface area contributed by atoms with Crippen LogP contribution in [0.25, 0.3) is 11.3 Å². The lowest BCUT2D eigenvalue weighted by molar-refractivity contribution is 0.252. The Labute approximate surface area is 135 Å². The van der Waals surface area contributed by atoms with Gasteiger partial charge < -0.3 is 5.32 Å². The van der Waals surface area contributed by atoms with E-state index in [1.165, 1.54) is 0 Å². The highest BCUT2D eigenvalue weighted by atomic mass is 35.5. The number of anilines is 1. The van der Waals surface area contributed by atoms with E-state index < -0.39 is 5.76 Å². The van der Waals surface area contributed by atoms with Crippen LogP contribution in [0.4, 0.5) is 14.6 Å². The molecule has 0 aliphatic heterocycles. The zero-order valence-electron chi connectivity index (χ0n) is 11.0. The first-order chi connectivity index (χ1) is 10.0. The fourth-order valence-corrected chi connectivity index (χ4v) is 2.79. The van der Waals surface area contributed by atoms with Crippen LogP contribution < -0.4 is 5.32 Å². The molecule has 0 amide bonds. The van der Waals surface area contributed by atoms with Gasteiger partial charge >= 0.3 is 0 Å². The second kappa shape index (κ2) is 7.29. The number of rotatable bonds is 5. The number of pyridine rings is 1. The summed E-state index contributed by atoms with van der Waals surface area (Å²) in [6.45, 7) is 2.61. The molecule has 1 heterocycles. The van der Waals surface area contributed by atoms with E-state index in [1.807, 2.05) is 6.92 Å². The SMILES string of the molecule is CCNc1nc(-c2ccc(SC(F)F)cc2)c(Cl)cc1Cl. The van der Waals surface area contributed by atoms with Crippen molar-refractivity contribution in [3.05, 3.63) is 40.4 Å². The molecule has 0 radical (unpaired) electrons. The molecule has 2 aromatic rings. The maximum Gasteiger partial charge on any atom is 0.288 e. The van der Waals surface area contributed by atoms with E-state index >= 15 is 0 Å². The number of hydrogen-bond donors (Lipinski definition) is 1. The molecule has 2 rings (SSSR count). The number of nitrogens with one attached hydrogen (secondary N) is 1. The number of halogens is 4. The van der Waals surface area contributed by atoms with Crippen LogP contribution in [0, 0.1) is 0 Å². The fraction of sp³-hybridized carbons (Fsp3) is 0.214. The third-order valence-corrected chi connectivity index (χ3v) is 3.93. The van der Waals surface area contributed by atoms with Gasteiger partial charge in [-0.1, -0.05) is 47.1 Å². The Bertz CT molecular complexity index is 621. The van der Waals surface area contributed by atoms with E-state index in [9.17, 15) is 8.78 Å². The predicted molar refractivity (Wildman–Crippen MR) is 85.7 cm³/mol. The molecule has 1 aromatic carbocycles. The average molecular weight is 349 g/mol. The minimum absolute atomic E-state index is 0.413. The van der Waals surface area contributed by atoms with Crippen molar-refractivity contribution in [3.8, 4) is 11.3 Å². The van der Waals surface area contributed by atoms with E-state index in [1.54, 1.807) is 30.3 Å². The average Bonchev–Trinajstić information content (AvgIpc) is 2.42. The minimum Gasteiger partial charge on any atom is -0.369 e. The van der Waals surface area contributed by atoms with Gasteiger partial charge in [0.15, 0.2) is 0 Å². The second-order valence-electron chi connectivity index (χ2n) is 4.08. The van der Waals surface area contributed by atoms with Crippen LogP contribution in [0.15, 0.2) is 35.2 Å². The van der Waals surface area contributed by atoms with E-state index in [4.69, 9.17) is 23.2 Å². The maximum atomic E-state index is 12.3. The van der Waals surface area contributed by atoms with Gasteiger partial charge in [0, 0.05) is 17.0 Å². The van der Waals surface area contributed by atoms with E-state index in [-0.39, 0.29) is 0 Å². The van der Waals surface area contributed by atoms with Gasteiger partial charge in [0.05, 0.1) is 15.7 Å². The van der Waals surface area contributed by atoms with Gasteiger partial charge in [-0.25, -0.2) is 4.98 Å². The van der Waals surface area contributed by atoms with Crippen LogP contribution in [0.2, 0.25) is 10.0 Å². The Balaban J connectivity index is 2.34. The molecule has 1 N–H and O–H groups in total. The summed E-state index contributed by atoms with van der Waals surface area (Å²) in [5.74, 6) is -1.89. The third-order valence-electron chi connectivity index (χ3n) is 2.63. The van der Waals surface area contributed by atoms with Crippen molar-refractivity contribution in [3.63, 3.8) is 0 Å². The molecule has 0 bridgehead atoms. The fourth-order valence-electron chi connectivity index (χ4n) is 1.75. The normalized spacial score (nSPS) is 11.0. The van der Waals surface area contributed by atoms with Gasteiger partial charge in [-0.3, -0.25) is 0 Å². The first kappa shape index (κ1) is 16.3. The molecule has 21 heavy (non-hydrogen) atoms. The Kier molecular flexibility index (Phi) is 5.67. The van der Waals surface area contributed by atoms with Gasteiger partial charge in [-0.15, -0.1) is 0 Å². The van der Waals surface area contributed by atoms with Crippen molar-refractivity contribution in [2.24, 2.45) is 0 Å². The lowest BCUT2D eigenvalue weighted by Gasteiger charge is -2.10. The summed E-state index contributed by atoms with van der Waals surface area (Å²) in [6.07, 6.45) is 0. The van der Waals surface area contributed by atoms with Crippen LogP contribution in [-0.2, 0) is 0 Å². The van der Waals surface area contributed by atoms with Crippen molar-refractivity contribution in [1.29, 1.82) is 0 Å². The van der Waals surface area contributed by atoms with Crippen LogP contribution in [0.1, 0.15) is 6.92 Å². The molecule has 112 valence electrons. The molecule has 0 saturated heterocycles. The third kappa shape index (κ3) is 4.22. The lowest BCUT2D eigenvalue weighted by Crippen LogP contribution is -2.01. The quantitative estimate of drug-likeness (QED) is 0.691. The Morgan fingerprint density at radius 2 is 1.86 bits per heavy atom.